The Kier molecular flexibility index (Phi) is 4.84. The summed E-state index contributed by atoms with van der Waals surface area (Å²) in [7, 11) is 3.71. The van der Waals surface area contributed by atoms with Crippen molar-refractivity contribution in [3.63, 3.8) is 0 Å². The lowest BCUT2D eigenvalue weighted by atomic mass is 9.83. The molecule has 0 spiro atoms. The molecule has 2 aliphatic heterocycles. The summed E-state index contributed by atoms with van der Waals surface area (Å²) in [5.41, 5.74) is 0.297. The van der Waals surface area contributed by atoms with Crippen molar-refractivity contribution in [1.82, 2.24) is 9.80 Å². The van der Waals surface area contributed by atoms with Gasteiger partial charge in [-0.3, -0.25) is 4.79 Å². The van der Waals surface area contributed by atoms with Gasteiger partial charge in [0.1, 0.15) is 12.1 Å². The van der Waals surface area contributed by atoms with Gasteiger partial charge in [-0.15, -0.1) is 0 Å². The van der Waals surface area contributed by atoms with Crippen LogP contribution in [-0.4, -0.2) is 40.8 Å². The van der Waals surface area contributed by atoms with E-state index < -0.39 is 16.6 Å². The molecule has 2 aromatic carbocycles. The molecule has 0 amide bonds. The Bertz CT molecular complexity index is 1210. The molecule has 32 heavy (non-hydrogen) atoms. The van der Waals surface area contributed by atoms with Gasteiger partial charge in [0.15, 0.2) is 5.78 Å². The van der Waals surface area contributed by atoms with Gasteiger partial charge in [0, 0.05) is 30.8 Å². The Morgan fingerprint density at radius 1 is 0.938 bits per heavy atom. The second kappa shape index (κ2) is 7.19. The van der Waals surface area contributed by atoms with E-state index in [1.165, 1.54) is 0 Å². The molecular weight excluding hydrogens is 396 g/mol. The number of likely N-dealkylation sites (N-methyl/N-ethyl adjacent to an activating group) is 1. The fraction of sp³-hybridized carbons (Fsp3) is 0.296. The van der Waals surface area contributed by atoms with Gasteiger partial charge in [0.2, 0.25) is 5.54 Å². The number of Topliss-reactive ketones (excluding diaryl/α,β-unsaturated/α-hetero) is 1. The van der Waals surface area contributed by atoms with E-state index in [4.69, 9.17) is 0 Å². The standard InChI is InChI=1S/C27H26N4O/c1-19-24(30(4)5)26(17-28,18-29)31-25(2,3)22(23(32)20-12-8-6-9-13-20)16-27(19,31)21-14-10-7-11-15-21/h6-16H,1-5H3/t27-/m0/s1. The van der Waals surface area contributed by atoms with Crippen molar-refractivity contribution in [1.29, 1.82) is 10.5 Å². The van der Waals surface area contributed by atoms with E-state index in [1.807, 2.05) is 99.3 Å². The molecule has 0 unspecified atom stereocenters. The van der Waals surface area contributed by atoms with Crippen molar-refractivity contribution in [3.05, 3.63) is 94.7 Å². The van der Waals surface area contributed by atoms with Crippen LogP contribution in [0.4, 0.5) is 0 Å². The van der Waals surface area contributed by atoms with Crippen molar-refractivity contribution in [2.45, 2.75) is 37.4 Å². The second-order valence-electron chi connectivity index (χ2n) is 9.08. The largest absolute Gasteiger partial charge is 0.378 e. The van der Waals surface area contributed by atoms with Crippen LogP contribution in [0.25, 0.3) is 0 Å². The van der Waals surface area contributed by atoms with Gasteiger partial charge in [-0.25, -0.2) is 4.90 Å². The number of hydrogen-bond donors (Lipinski definition) is 0. The monoisotopic (exact) mass is 422 g/mol. The SMILES string of the molecule is CC1=C(N(C)C)C(C#N)(C#N)N2C(C)(C)C(C(=O)c3ccccc3)=C[C@@]12c1ccccc1. The molecule has 0 fully saturated rings. The number of benzene rings is 2. The van der Waals surface area contributed by atoms with Crippen molar-refractivity contribution < 1.29 is 4.79 Å². The lowest BCUT2D eigenvalue weighted by Gasteiger charge is -2.46. The predicted molar refractivity (Wildman–Crippen MR) is 123 cm³/mol. The highest BCUT2D eigenvalue weighted by atomic mass is 16.1. The molecular formula is C27H26N4O. The zero-order valence-corrected chi connectivity index (χ0v) is 19.0. The van der Waals surface area contributed by atoms with E-state index in [9.17, 15) is 15.3 Å². The third kappa shape index (κ3) is 2.55. The van der Waals surface area contributed by atoms with Crippen LogP contribution in [0.2, 0.25) is 0 Å². The van der Waals surface area contributed by atoms with Crippen LogP contribution in [0, 0.1) is 22.7 Å². The summed E-state index contributed by atoms with van der Waals surface area (Å²) in [5, 5.41) is 20.9. The summed E-state index contributed by atoms with van der Waals surface area (Å²) in [4.78, 5) is 17.5. The molecule has 0 aliphatic carbocycles. The highest BCUT2D eigenvalue weighted by Gasteiger charge is 2.69. The van der Waals surface area contributed by atoms with Gasteiger partial charge in [-0.05, 0) is 38.0 Å². The maximum atomic E-state index is 13.7. The molecule has 0 N–H and O–H groups in total. The zero-order chi connectivity index (χ0) is 23.3. The van der Waals surface area contributed by atoms with Crippen LogP contribution < -0.4 is 0 Å². The van der Waals surface area contributed by atoms with Gasteiger partial charge in [-0.1, -0.05) is 60.7 Å². The maximum Gasteiger partial charge on any atom is 0.238 e. The highest BCUT2D eigenvalue weighted by molar-refractivity contribution is 6.11. The summed E-state index contributed by atoms with van der Waals surface area (Å²) >= 11 is 0. The Hall–Kier alpha value is -3.67. The van der Waals surface area contributed by atoms with E-state index in [0.717, 1.165) is 11.1 Å². The number of nitriles is 2. The van der Waals surface area contributed by atoms with Crippen LogP contribution >= 0.6 is 0 Å². The summed E-state index contributed by atoms with van der Waals surface area (Å²) < 4.78 is 0. The maximum absolute atomic E-state index is 13.7. The second-order valence-corrected chi connectivity index (χ2v) is 9.08. The predicted octanol–water partition coefficient (Wildman–Crippen LogP) is 4.42. The molecule has 5 nitrogen and oxygen atoms in total. The number of rotatable bonds is 4. The molecule has 4 rings (SSSR count). The number of hydrogen-bond acceptors (Lipinski definition) is 5. The van der Waals surface area contributed by atoms with Crippen LogP contribution in [0.3, 0.4) is 0 Å². The molecule has 2 aliphatic rings. The summed E-state index contributed by atoms with van der Waals surface area (Å²) in [6.45, 7) is 5.83. The average molecular weight is 423 g/mol. The van der Waals surface area contributed by atoms with Gasteiger partial charge in [0.05, 0.1) is 11.2 Å². The van der Waals surface area contributed by atoms with Crippen molar-refractivity contribution in [3.8, 4) is 12.1 Å². The number of fused-ring (bicyclic) bond motifs is 1. The molecule has 0 bridgehead atoms. The number of nitrogens with zero attached hydrogens (tertiary/aromatic N) is 4. The van der Waals surface area contributed by atoms with E-state index in [0.29, 0.717) is 16.8 Å². The number of carbonyl (C=O) groups is 1. The smallest absolute Gasteiger partial charge is 0.238 e. The molecule has 5 heteroatoms. The molecule has 0 radical (unpaired) electrons. The lowest BCUT2D eigenvalue weighted by molar-refractivity contribution is 0.0575. The molecule has 0 saturated heterocycles. The Labute approximate surface area is 189 Å². The Balaban J connectivity index is 2.10. The molecule has 160 valence electrons. The minimum Gasteiger partial charge on any atom is -0.378 e. The lowest BCUT2D eigenvalue weighted by Crippen LogP contribution is -2.60. The first-order valence-electron chi connectivity index (χ1n) is 10.6. The molecule has 2 aromatic rings. The number of carbonyl (C=O) groups excluding carboxylic acids is 1. The van der Waals surface area contributed by atoms with Crippen molar-refractivity contribution in [2.75, 3.05) is 14.1 Å². The minimum atomic E-state index is -1.55. The zero-order valence-electron chi connectivity index (χ0n) is 19.0. The summed E-state index contributed by atoms with van der Waals surface area (Å²) in [6, 6.07) is 23.6. The van der Waals surface area contributed by atoms with Crippen molar-refractivity contribution in [2.24, 2.45) is 0 Å². The van der Waals surface area contributed by atoms with Gasteiger partial charge in [-0.2, -0.15) is 10.5 Å². The van der Waals surface area contributed by atoms with E-state index >= 15 is 0 Å². The molecule has 2 heterocycles. The van der Waals surface area contributed by atoms with Crippen LogP contribution in [-0.2, 0) is 5.54 Å². The summed E-state index contributed by atoms with van der Waals surface area (Å²) in [6.07, 6.45) is 1.98. The average Bonchev–Trinajstić information content (AvgIpc) is 3.20. The topological polar surface area (TPSA) is 71.1 Å². The Morgan fingerprint density at radius 3 is 1.97 bits per heavy atom. The minimum absolute atomic E-state index is 0.0933. The third-order valence-corrected chi connectivity index (χ3v) is 6.79. The fourth-order valence-corrected chi connectivity index (χ4v) is 5.63. The van der Waals surface area contributed by atoms with E-state index in [1.54, 1.807) is 12.1 Å². The molecule has 0 aromatic heterocycles. The van der Waals surface area contributed by atoms with Crippen LogP contribution in [0.1, 0.15) is 36.7 Å². The normalized spacial score (nSPS) is 23.2. The van der Waals surface area contributed by atoms with Crippen LogP contribution in [0.5, 0.6) is 0 Å². The summed E-state index contributed by atoms with van der Waals surface area (Å²) in [5.74, 6) is -0.0933. The fourth-order valence-electron chi connectivity index (χ4n) is 5.63. The van der Waals surface area contributed by atoms with E-state index in [-0.39, 0.29) is 5.78 Å². The van der Waals surface area contributed by atoms with Crippen LogP contribution in [0.15, 0.2) is 83.6 Å². The Morgan fingerprint density at radius 2 is 1.47 bits per heavy atom. The quantitative estimate of drug-likeness (QED) is 0.682. The van der Waals surface area contributed by atoms with Gasteiger partial charge >= 0.3 is 0 Å². The van der Waals surface area contributed by atoms with Gasteiger partial charge in [0.25, 0.3) is 0 Å². The van der Waals surface area contributed by atoms with Gasteiger partial charge < -0.3 is 4.90 Å². The number of ketones is 1. The van der Waals surface area contributed by atoms with Crippen molar-refractivity contribution >= 4 is 5.78 Å². The molecule has 1 atom stereocenters. The molecule has 0 saturated carbocycles. The highest BCUT2D eigenvalue weighted by Crippen LogP contribution is 2.61. The first kappa shape index (κ1) is 21.6. The van der Waals surface area contributed by atoms with E-state index in [2.05, 4.69) is 12.1 Å². The first-order chi connectivity index (χ1) is 15.2. The third-order valence-electron chi connectivity index (χ3n) is 6.79. The first-order valence-corrected chi connectivity index (χ1v) is 10.6.